The SMILES string of the molecule is CCN(C(=O)Cn1cnnn1)C1CCCCC1. The molecular weight excluding hydrogens is 218 g/mol. The molecule has 2 rings (SSSR count). The van der Waals surface area contributed by atoms with Gasteiger partial charge in [0.05, 0.1) is 0 Å². The third kappa shape index (κ3) is 3.01. The quantitative estimate of drug-likeness (QED) is 0.779. The summed E-state index contributed by atoms with van der Waals surface area (Å²) in [5, 5.41) is 10.8. The zero-order valence-corrected chi connectivity index (χ0v) is 10.2. The lowest BCUT2D eigenvalue weighted by atomic mass is 9.94. The van der Waals surface area contributed by atoms with E-state index in [1.807, 2.05) is 11.8 Å². The zero-order chi connectivity index (χ0) is 12.1. The Morgan fingerprint density at radius 1 is 1.41 bits per heavy atom. The molecule has 0 bridgehead atoms. The van der Waals surface area contributed by atoms with Crippen LogP contribution < -0.4 is 0 Å². The Kier molecular flexibility index (Phi) is 4.06. The van der Waals surface area contributed by atoms with Crippen LogP contribution in [0, 0.1) is 0 Å². The van der Waals surface area contributed by atoms with E-state index in [2.05, 4.69) is 15.5 Å². The first-order valence-corrected chi connectivity index (χ1v) is 6.31. The van der Waals surface area contributed by atoms with Gasteiger partial charge >= 0.3 is 0 Å². The number of amides is 1. The van der Waals surface area contributed by atoms with E-state index in [4.69, 9.17) is 0 Å². The first-order chi connectivity index (χ1) is 8.31. The van der Waals surface area contributed by atoms with Crippen molar-refractivity contribution in [3.8, 4) is 0 Å². The highest BCUT2D eigenvalue weighted by Crippen LogP contribution is 2.22. The number of aromatic nitrogens is 4. The van der Waals surface area contributed by atoms with Crippen LogP contribution in [0.4, 0.5) is 0 Å². The van der Waals surface area contributed by atoms with Gasteiger partial charge in [0, 0.05) is 12.6 Å². The van der Waals surface area contributed by atoms with Crippen molar-refractivity contribution >= 4 is 5.91 Å². The maximum absolute atomic E-state index is 12.2. The lowest BCUT2D eigenvalue weighted by molar-refractivity contribution is -0.134. The molecule has 6 heteroatoms. The fourth-order valence-corrected chi connectivity index (χ4v) is 2.51. The Bertz CT molecular complexity index is 345. The summed E-state index contributed by atoms with van der Waals surface area (Å²) in [6, 6.07) is 0.415. The monoisotopic (exact) mass is 237 g/mol. The molecule has 0 aromatic carbocycles. The van der Waals surface area contributed by atoms with Crippen LogP contribution in [0.15, 0.2) is 6.33 Å². The van der Waals surface area contributed by atoms with E-state index in [1.165, 1.54) is 30.3 Å². The predicted molar refractivity (Wildman–Crippen MR) is 62.1 cm³/mol. The highest BCUT2D eigenvalue weighted by atomic mass is 16.2. The summed E-state index contributed by atoms with van der Waals surface area (Å²) in [7, 11) is 0. The van der Waals surface area contributed by atoms with E-state index in [0.717, 1.165) is 19.4 Å². The summed E-state index contributed by atoms with van der Waals surface area (Å²) in [4.78, 5) is 14.1. The van der Waals surface area contributed by atoms with Gasteiger partial charge in [-0.25, -0.2) is 4.68 Å². The van der Waals surface area contributed by atoms with Crippen LogP contribution in [-0.2, 0) is 11.3 Å². The fourth-order valence-electron chi connectivity index (χ4n) is 2.51. The zero-order valence-electron chi connectivity index (χ0n) is 10.2. The van der Waals surface area contributed by atoms with Gasteiger partial charge in [-0.2, -0.15) is 0 Å². The van der Waals surface area contributed by atoms with Gasteiger partial charge in [-0.3, -0.25) is 4.79 Å². The molecule has 0 atom stereocenters. The van der Waals surface area contributed by atoms with Crippen molar-refractivity contribution in [2.45, 2.75) is 51.6 Å². The molecule has 1 aliphatic rings. The lowest BCUT2D eigenvalue weighted by Gasteiger charge is -2.33. The minimum Gasteiger partial charge on any atom is -0.338 e. The maximum Gasteiger partial charge on any atom is 0.244 e. The summed E-state index contributed by atoms with van der Waals surface area (Å²) in [5.74, 6) is 0.117. The summed E-state index contributed by atoms with van der Waals surface area (Å²) in [5.41, 5.74) is 0. The smallest absolute Gasteiger partial charge is 0.244 e. The minimum atomic E-state index is 0.117. The number of likely N-dealkylation sites (N-methyl/N-ethyl adjacent to an activating group) is 1. The molecule has 1 aliphatic carbocycles. The van der Waals surface area contributed by atoms with Crippen LogP contribution in [-0.4, -0.2) is 43.6 Å². The number of tetrazole rings is 1. The molecule has 0 N–H and O–H groups in total. The van der Waals surface area contributed by atoms with Crippen molar-refractivity contribution in [2.75, 3.05) is 6.54 Å². The van der Waals surface area contributed by atoms with Gasteiger partial charge in [0.15, 0.2) is 0 Å². The van der Waals surface area contributed by atoms with Gasteiger partial charge in [0.2, 0.25) is 5.91 Å². The highest BCUT2D eigenvalue weighted by molar-refractivity contribution is 5.76. The third-order valence-corrected chi connectivity index (χ3v) is 3.37. The van der Waals surface area contributed by atoms with Crippen molar-refractivity contribution in [2.24, 2.45) is 0 Å². The number of carbonyl (C=O) groups excluding carboxylic acids is 1. The molecular formula is C11H19N5O. The van der Waals surface area contributed by atoms with E-state index in [0.29, 0.717) is 6.04 Å². The average Bonchev–Trinajstić information content (AvgIpc) is 2.84. The molecule has 6 nitrogen and oxygen atoms in total. The van der Waals surface area contributed by atoms with Gasteiger partial charge < -0.3 is 4.90 Å². The normalized spacial score (nSPS) is 17.0. The van der Waals surface area contributed by atoms with E-state index in [9.17, 15) is 4.79 Å². The first-order valence-electron chi connectivity index (χ1n) is 6.31. The van der Waals surface area contributed by atoms with Gasteiger partial charge in [0.1, 0.15) is 12.9 Å². The predicted octanol–water partition coefficient (Wildman–Crippen LogP) is 0.854. The molecule has 1 amide bonds. The number of carbonyl (C=O) groups is 1. The summed E-state index contributed by atoms with van der Waals surface area (Å²) in [6.07, 6.45) is 7.52. The molecule has 0 unspecified atom stereocenters. The minimum absolute atomic E-state index is 0.117. The van der Waals surface area contributed by atoms with Gasteiger partial charge in [-0.1, -0.05) is 19.3 Å². The fraction of sp³-hybridized carbons (Fsp3) is 0.818. The molecule has 0 radical (unpaired) electrons. The van der Waals surface area contributed by atoms with E-state index in [-0.39, 0.29) is 12.5 Å². The van der Waals surface area contributed by atoms with E-state index < -0.39 is 0 Å². The summed E-state index contributed by atoms with van der Waals surface area (Å²) >= 11 is 0. The van der Waals surface area contributed by atoms with Crippen LogP contribution in [0.3, 0.4) is 0 Å². The standard InChI is InChI=1S/C11H19N5O/c1-2-16(10-6-4-3-5-7-10)11(17)8-15-9-12-13-14-15/h9-10H,2-8H2,1H3. The molecule has 94 valence electrons. The Morgan fingerprint density at radius 2 is 2.18 bits per heavy atom. The molecule has 1 aromatic rings. The Hall–Kier alpha value is -1.46. The average molecular weight is 237 g/mol. The maximum atomic E-state index is 12.2. The Labute approximate surface area is 101 Å². The Balaban J connectivity index is 1.94. The third-order valence-electron chi connectivity index (χ3n) is 3.37. The number of rotatable bonds is 4. The van der Waals surface area contributed by atoms with Crippen LogP contribution >= 0.6 is 0 Å². The summed E-state index contributed by atoms with van der Waals surface area (Å²) in [6.45, 7) is 3.05. The first kappa shape index (κ1) is 12.0. The van der Waals surface area contributed by atoms with Crippen molar-refractivity contribution in [1.82, 2.24) is 25.1 Å². The van der Waals surface area contributed by atoms with Crippen molar-refractivity contribution in [3.05, 3.63) is 6.33 Å². The van der Waals surface area contributed by atoms with Crippen LogP contribution in [0.2, 0.25) is 0 Å². The number of hydrogen-bond acceptors (Lipinski definition) is 4. The molecule has 17 heavy (non-hydrogen) atoms. The van der Waals surface area contributed by atoms with Crippen LogP contribution in [0.25, 0.3) is 0 Å². The molecule has 0 saturated heterocycles. The second-order valence-electron chi connectivity index (χ2n) is 4.48. The molecule has 0 aliphatic heterocycles. The molecule has 1 fully saturated rings. The lowest BCUT2D eigenvalue weighted by Crippen LogP contribution is -2.43. The second-order valence-corrected chi connectivity index (χ2v) is 4.48. The van der Waals surface area contributed by atoms with Gasteiger partial charge in [-0.15, -0.1) is 5.10 Å². The van der Waals surface area contributed by atoms with E-state index >= 15 is 0 Å². The number of nitrogens with zero attached hydrogens (tertiary/aromatic N) is 5. The topological polar surface area (TPSA) is 63.9 Å². The van der Waals surface area contributed by atoms with Gasteiger partial charge in [-0.05, 0) is 30.2 Å². The second kappa shape index (κ2) is 5.75. The van der Waals surface area contributed by atoms with Crippen molar-refractivity contribution in [3.63, 3.8) is 0 Å². The largest absolute Gasteiger partial charge is 0.338 e. The van der Waals surface area contributed by atoms with Gasteiger partial charge in [0.25, 0.3) is 0 Å². The highest BCUT2D eigenvalue weighted by Gasteiger charge is 2.24. The van der Waals surface area contributed by atoms with Crippen LogP contribution in [0.5, 0.6) is 0 Å². The Morgan fingerprint density at radius 3 is 2.76 bits per heavy atom. The van der Waals surface area contributed by atoms with Crippen molar-refractivity contribution < 1.29 is 4.79 Å². The van der Waals surface area contributed by atoms with Crippen molar-refractivity contribution in [1.29, 1.82) is 0 Å². The molecule has 1 aromatic heterocycles. The van der Waals surface area contributed by atoms with E-state index in [1.54, 1.807) is 0 Å². The number of hydrogen-bond donors (Lipinski definition) is 0. The van der Waals surface area contributed by atoms with Crippen LogP contribution in [0.1, 0.15) is 39.0 Å². The molecule has 0 spiro atoms. The molecule has 1 saturated carbocycles. The summed E-state index contributed by atoms with van der Waals surface area (Å²) < 4.78 is 1.48. The molecule has 1 heterocycles.